The van der Waals surface area contributed by atoms with E-state index in [-0.39, 0.29) is 0 Å². The minimum Gasteiger partial charge on any atom is -0.368 e. The molecule has 0 aliphatic carbocycles. The smallest absolute Gasteiger partial charge is 0.227 e. The number of hydrogen-bond acceptors (Lipinski definition) is 4. The van der Waals surface area contributed by atoms with Gasteiger partial charge in [-0.2, -0.15) is 0 Å². The van der Waals surface area contributed by atoms with E-state index in [4.69, 9.17) is 17.3 Å². The Hall–Kier alpha value is -1.59. The summed E-state index contributed by atoms with van der Waals surface area (Å²) in [7, 11) is 0. The summed E-state index contributed by atoms with van der Waals surface area (Å²) in [4.78, 5) is 0.794. The number of nitrogen functional groups attached to an aromatic ring is 1. The van der Waals surface area contributed by atoms with Gasteiger partial charge in [0.25, 0.3) is 0 Å². The quantitative estimate of drug-likeness (QED) is 0.722. The summed E-state index contributed by atoms with van der Waals surface area (Å²) in [5, 5.41) is 10.5. The maximum absolute atomic E-state index is 5.85. The minimum atomic E-state index is 0.404. The van der Waals surface area contributed by atoms with Gasteiger partial charge in [-0.05, 0) is 17.7 Å². The van der Waals surface area contributed by atoms with Gasteiger partial charge in [-0.3, -0.25) is 4.40 Å². The van der Waals surface area contributed by atoms with Crippen LogP contribution in [0.2, 0.25) is 5.02 Å². The van der Waals surface area contributed by atoms with E-state index in [0.29, 0.717) is 11.0 Å². The van der Waals surface area contributed by atoms with E-state index in [0.717, 1.165) is 16.2 Å². The first-order valence-electron chi connectivity index (χ1n) is 4.60. The molecule has 2 N–H and O–H groups in total. The van der Waals surface area contributed by atoms with Crippen LogP contribution in [0.1, 0.15) is 0 Å². The van der Waals surface area contributed by atoms with Crippen LogP contribution in [0.25, 0.3) is 16.2 Å². The fourth-order valence-corrected chi connectivity index (χ4v) is 2.53. The highest BCUT2D eigenvalue weighted by Crippen LogP contribution is 2.27. The van der Waals surface area contributed by atoms with Gasteiger partial charge in [0.1, 0.15) is 0 Å². The molecular formula is C10H7ClN4S. The van der Waals surface area contributed by atoms with Crippen molar-refractivity contribution in [3.8, 4) is 11.3 Å². The highest BCUT2D eigenvalue weighted by molar-refractivity contribution is 7.15. The van der Waals surface area contributed by atoms with Crippen LogP contribution in [0.3, 0.4) is 0 Å². The summed E-state index contributed by atoms with van der Waals surface area (Å²) in [6, 6.07) is 7.59. The summed E-state index contributed by atoms with van der Waals surface area (Å²) in [6.07, 6.45) is 0. The van der Waals surface area contributed by atoms with Crippen LogP contribution in [0, 0.1) is 0 Å². The Balaban J connectivity index is 2.25. The lowest BCUT2D eigenvalue weighted by Crippen LogP contribution is -1.94. The number of benzene rings is 1. The van der Waals surface area contributed by atoms with E-state index in [2.05, 4.69) is 10.2 Å². The molecule has 1 aromatic carbocycles. The molecule has 3 aromatic rings. The van der Waals surface area contributed by atoms with Crippen molar-refractivity contribution in [1.82, 2.24) is 14.6 Å². The first-order chi connectivity index (χ1) is 7.75. The average molecular weight is 251 g/mol. The van der Waals surface area contributed by atoms with Gasteiger partial charge < -0.3 is 5.73 Å². The molecule has 3 rings (SSSR count). The van der Waals surface area contributed by atoms with Crippen LogP contribution in [0.5, 0.6) is 0 Å². The van der Waals surface area contributed by atoms with Crippen LogP contribution in [0.15, 0.2) is 29.6 Å². The van der Waals surface area contributed by atoms with Crippen LogP contribution in [-0.2, 0) is 0 Å². The largest absolute Gasteiger partial charge is 0.368 e. The van der Waals surface area contributed by atoms with Crippen molar-refractivity contribution in [3.63, 3.8) is 0 Å². The normalized spacial score (nSPS) is 11.1. The van der Waals surface area contributed by atoms with Gasteiger partial charge in [0.15, 0.2) is 0 Å². The molecule has 0 unspecified atom stereocenters. The minimum absolute atomic E-state index is 0.404. The molecule has 0 saturated heterocycles. The van der Waals surface area contributed by atoms with Crippen molar-refractivity contribution in [2.24, 2.45) is 0 Å². The zero-order chi connectivity index (χ0) is 11.1. The van der Waals surface area contributed by atoms with Gasteiger partial charge in [-0.1, -0.05) is 23.7 Å². The number of fused-ring (bicyclic) bond motifs is 1. The van der Waals surface area contributed by atoms with E-state index in [1.807, 2.05) is 34.0 Å². The number of nitrogens with two attached hydrogens (primary N) is 1. The predicted molar refractivity (Wildman–Crippen MR) is 65.7 cm³/mol. The fraction of sp³-hybridized carbons (Fsp3) is 0. The second kappa shape index (κ2) is 3.47. The van der Waals surface area contributed by atoms with Gasteiger partial charge in [0.05, 0.1) is 5.69 Å². The summed E-state index contributed by atoms with van der Waals surface area (Å²) in [6.45, 7) is 0. The van der Waals surface area contributed by atoms with Crippen molar-refractivity contribution < 1.29 is 0 Å². The molecule has 6 heteroatoms. The monoisotopic (exact) mass is 250 g/mol. The van der Waals surface area contributed by atoms with Gasteiger partial charge in [0.2, 0.25) is 10.9 Å². The number of anilines is 1. The summed E-state index contributed by atoms with van der Waals surface area (Å²) >= 11 is 7.36. The molecule has 0 bridgehead atoms. The number of aromatic nitrogens is 3. The zero-order valence-electron chi connectivity index (χ0n) is 8.09. The SMILES string of the molecule is Nc1nnc2scc(-c3ccc(Cl)cc3)n12. The van der Waals surface area contributed by atoms with Crippen molar-refractivity contribution >= 4 is 33.8 Å². The molecule has 0 atom stereocenters. The van der Waals surface area contributed by atoms with Crippen molar-refractivity contribution in [3.05, 3.63) is 34.7 Å². The molecule has 0 fully saturated rings. The molecule has 0 saturated carbocycles. The van der Waals surface area contributed by atoms with Gasteiger partial charge in [-0.25, -0.2) is 0 Å². The van der Waals surface area contributed by atoms with Crippen molar-refractivity contribution in [2.75, 3.05) is 5.73 Å². The van der Waals surface area contributed by atoms with E-state index < -0.39 is 0 Å². The maximum Gasteiger partial charge on any atom is 0.227 e. The van der Waals surface area contributed by atoms with Gasteiger partial charge >= 0.3 is 0 Å². The third kappa shape index (κ3) is 1.36. The van der Waals surface area contributed by atoms with Crippen molar-refractivity contribution in [1.29, 1.82) is 0 Å². The Morgan fingerprint density at radius 1 is 1.19 bits per heavy atom. The molecule has 0 aliphatic rings. The molecule has 0 aliphatic heterocycles. The summed E-state index contributed by atoms with van der Waals surface area (Å²) < 4.78 is 1.83. The van der Waals surface area contributed by atoms with E-state index >= 15 is 0 Å². The third-order valence-electron chi connectivity index (χ3n) is 2.32. The zero-order valence-corrected chi connectivity index (χ0v) is 9.66. The van der Waals surface area contributed by atoms with Crippen LogP contribution in [-0.4, -0.2) is 14.6 Å². The van der Waals surface area contributed by atoms with Crippen molar-refractivity contribution in [2.45, 2.75) is 0 Å². The van der Waals surface area contributed by atoms with Crippen LogP contribution < -0.4 is 5.73 Å². The molecular weight excluding hydrogens is 244 g/mol. The summed E-state index contributed by atoms with van der Waals surface area (Å²) in [5.41, 5.74) is 7.79. The molecule has 2 aromatic heterocycles. The topological polar surface area (TPSA) is 56.2 Å². The first kappa shape index (κ1) is 9.62. The van der Waals surface area contributed by atoms with Crippen LogP contribution in [0.4, 0.5) is 5.95 Å². The van der Waals surface area contributed by atoms with Gasteiger partial charge in [0, 0.05) is 10.4 Å². The Morgan fingerprint density at radius 2 is 1.94 bits per heavy atom. The number of hydrogen-bond donors (Lipinski definition) is 1. The average Bonchev–Trinajstić information content (AvgIpc) is 2.84. The lowest BCUT2D eigenvalue weighted by Gasteiger charge is -2.00. The van der Waals surface area contributed by atoms with Crippen LogP contribution >= 0.6 is 22.9 Å². The Morgan fingerprint density at radius 3 is 2.69 bits per heavy atom. The second-order valence-electron chi connectivity index (χ2n) is 3.30. The Kier molecular flexibility index (Phi) is 2.08. The molecule has 0 radical (unpaired) electrons. The first-order valence-corrected chi connectivity index (χ1v) is 5.85. The Bertz CT molecular complexity index is 640. The van der Waals surface area contributed by atoms with Gasteiger partial charge in [-0.15, -0.1) is 21.5 Å². The molecule has 16 heavy (non-hydrogen) atoms. The predicted octanol–water partition coefficient (Wildman–Crippen LogP) is 2.69. The summed E-state index contributed by atoms with van der Waals surface area (Å²) in [5.74, 6) is 0.404. The highest BCUT2D eigenvalue weighted by Gasteiger charge is 2.10. The third-order valence-corrected chi connectivity index (χ3v) is 3.38. The lowest BCUT2D eigenvalue weighted by atomic mass is 10.2. The lowest BCUT2D eigenvalue weighted by molar-refractivity contribution is 1.12. The Labute approximate surface area is 100 Å². The molecule has 0 amide bonds. The standard InChI is InChI=1S/C10H7ClN4S/c11-7-3-1-6(2-4-7)8-5-16-10-14-13-9(12)15(8)10/h1-5H,(H2,12,13). The fourth-order valence-electron chi connectivity index (χ4n) is 1.56. The molecule has 80 valence electrons. The van der Waals surface area contributed by atoms with E-state index in [1.54, 1.807) is 0 Å². The highest BCUT2D eigenvalue weighted by atomic mass is 35.5. The molecule has 0 spiro atoms. The number of rotatable bonds is 1. The van der Waals surface area contributed by atoms with E-state index in [1.165, 1.54) is 11.3 Å². The molecule has 4 nitrogen and oxygen atoms in total. The second-order valence-corrected chi connectivity index (χ2v) is 4.58. The number of halogens is 1. The number of nitrogens with zero attached hydrogens (tertiary/aromatic N) is 3. The van der Waals surface area contributed by atoms with E-state index in [9.17, 15) is 0 Å². The molecule has 2 heterocycles. The number of thiazole rings is 1. The maximum atomic E-state index is 5.85.